The van der Waals surface area contributed by atoms with Crippen molar-refractivity contribution in [2.24, 2.45) is 0 Å². The number of thioether (sulfide) groups is 1. The van der Waals surface area contributed by atoms with Gasteiger partial charge in [-0.25, -0.2) is 0 Å². The maximum absolute atomic E-state index is 11.9. The molecule has 0 aromatic heterocycles. The van der Waals surface area contributed by atoms with Gasteiger partial charge in [0.05, 0.1) is 11.4 Å². The van der Waals surface area contributed by atoms with Crippen molar-refractivity contribution in [3.05, 3.63) is 18.2 Å². The molecule has 0 radical (unpaired) electrons. The van der Waals surface area contributed by atoms with E-state index < -0.39 is 0 Å². The number of fused-ring (bicyclic) bond motifs is 1. The lowest BCUT2D eigenvalue weighted by Gasteiger charge is -2.29. The second-order valence-corrected chi connectivity index (χ2v) is 5.24. The molecule has 1 aromatic carbocycles. The summed E-state index contributed by atoms with van der Waals surface area (Å²) in [6.45, 7) is 2.02. The molecule has 0 atom stereocenters. The van der Waals surface area contributed by atoms with Gasteiger partial charge in [-0.3, -0.25) is 9.59 Å². The zero-order valence-electron chi connectivity index (χ0n) is 10.5. The molecule has 0 bridgehead atoms. The lowest BCUT2D eigenvalue weighted by Crippen LogP contribution is -2.36. The molecule has 0 saturated heterocycles. The lowest BCUT2D eigenvalue weighted by atomic mass is 10.2. The molecule has 1 aromatic rings. The van der Waals surface area contributed by atoms with E-state index in [-0.39, 0.29) is 11.7 Å². The molecule has 0 unspecified atom stereocenters. The molecular formula is C13H16N2O2S. The van der Waals surface area contributed by atoms with E-state index in [1.54, 1.807) is 23.6 Å². The first-order chi connectivity index (χ1) is 8.61. The molecule has 1 heterocycles. The quantitative estimate of drug-likeness (QED) is 0.905. The van der Waals surface area contributed by atoms with Gasteiger partial charge in [-0.2, -0.15) is 0 Å². The van der Waals surface area contributed by atoms with Crippen molar-refractivity contribution in [1.29, 1.82) is 0 Å². The number of ketones is 1. The van der Waals surface area contributed by atoms with Crippen LogP contribution in [-0.2, 0) is 9.59 Å². The standard InChI is InChI=1S/C13H16N2O2S/c1-9(16)5-6-15-11-7-10(14-2)3-4-12(11)18-8-13(15)17/h3-4,7,14H,5-6,8H2,1-2H3. The first-order valence-corrected chi connectivity index (χ1v) is 6.85. The highest BCUT2D eigenvalue weighted by Gasteiger charge is 2.24. The number of anilines is 2. The van der Waals surface area contributed by atoms with Crippen LogP contribution in [0.2, 0.25) is 0 Å². The summed E-state index contributed by atoms with van der Waals surface area (Å²) in [6, 6.07) is 5.96. The Morgan fingerprint density at radius 3 is 2.94 bits per heavy atom. The average molecular weight is 264 g/mol. The number of carbonyl (C=O) groups is 2. The average Bonchev–Trinajstić information content (AvgIpc) is 2.36. The molecule has 96 valence electrons. The Morgan fingerprint density at radius 1 is 1.50 bits per heavy atom. The molecule has 1 aliphatic rings. The van der Waals surface area contributed by atoms with E-state index in [1.165, 1.54) is 0 Å². The molecule has 5 heteroatoms. The van der Waals surface area contributed by atoms with Crippen molar-refractivity contribution in [2.75, 3.05) is 29.6 Å². The number of carbonyl (C=O) groups excluding carboxylic acids is 2. The van der Waals surface area contributed by atoms with Gasteiger partial charge in [0.25, 0.3) is 0 Å². The van der Waals surface area contributed by atoms with E-state index in [1.807, 2.05) is 25.2 Å². The van der Waals surface area contributed by atoms with Gasteiger partial charge in [-0.1, -0.05) is 0 Å². The van der Waals surface area contributed by atoms with Crippen LogP contribution in [0.25, 0.3) is 0 Å². The predicted octanol–water partition coefficient (Wildman–Crippen LogP) is 2.15. The van der Waals surface area contributed by atoms with E-state index in [0.717, 1.165) is 16.3 Å². The van der Waals surface area contributed by atoms with Crippen LogP contribution in [-0.4, -0.2) is 31.0 Å². The molecule has 0 spiro atoms. The number of rotatable bonds is 4. The Kier molecular flexibility index (Phi) is 3.91. The van der Waals surface area contributed by atoms with Crippen LogP contribution in [0.3, 0.4) is 0 Å². The summed E-state index contributed by atoms with van der Waals surface area (Å²) in [5, 5.41) is 3.06. The number of hydrogen-bond acceptors (Lipinski definition) is 4. The smallest absolute Gasteiger partial charge is 0.237 e. The van der Waals surface area contributed by atoms with E-state index in [4.69, 9.17) is 0 Å². The van der Waals surface area contributed by atoms with Gasteiger partial charge >= 0.3 is 0 Å². The summed E-state index contributed by atoms with van der Waals surface area (Å²) in [5.74, 6) is 0.624. The number of benzene rings is 1. The monoisotopic (exact) mass is 264 g/mol. The van der Waals surface area contributed by atoms with Crippen LogP contribution in [0.5, 0.6) is 0 Å². The summed E-state index contributed by atoms with van der Waals surface area (Å²) in [5.41, 5.74) is 1.88. The molecule has 1 amide bonds. The van der Waals surface area contributed by atoms with Gasteiger partial charge < -0.3 is 10.2 Å². The van der Waals surface area contributed by atoms with E-state index in [2.05, 4.69) is 5.32 Å². The zero-order chi connectivity index (χ0) is 13.1. The molecule has 2 rings (SSSR count). The van der Waals surface area contributed by atoms with Crippen molar-refractivity contribution in [3.8, 4) is 0 Å². The summed E-state index contributed by atoms with van der Waals surface area (Å²) >= 11 is 1.55. The maximum Gasteiger partial charge on any atom is 0.237 e. The highest BCUT2D eigenvalue weighted by Crippen LogP contribution is 2.37. The normalized spacial score (nSPS) is 14.3. The fraction of sp³-hybridized carbons (Fsp3) is 0.385. The predicted molar refractivity (Wildman–Crippen MR) is 74.4 cm³/mol. The second-order valence-electron chi connectivity index (χ2n) is 4.22. The van der Waals surface area contributed by atoms with E-state index in [0.29, 0.717) is 18.7 Å². The van der Waals surface area contributed by atoms with Crippen LogP contribution in [0.4, 0.5) is 11.4 Å². The SMILES string of the molecule is CNc1ccc2c(c1)N(CCC(C)=O)C(=O)CS2. The minimum atomic E-state index is 0.0713. The van der Waals surface area contributed by atoms with Crippen molar-refractivity contribution in [2.45, 2.75) is 18.2 Å². The zero-order valence-corrected chi connectivity index (χ0v) is 11.3. The number of nitrogens with zero attached hydrogens (tertiary/aromatic N) is 1. The Morgan fingerprint density at radius 2 is 2.28 bits per heavy atom. The van der Waals surface area contributed by atoms with Gasteiger partial charge in [0.1, 0.15) is 5.78 Å². The third-order valence-corrected chi connectivity index (χ3v) is 3.93. The fourth-order valence-corrected chi connectivity index (χ4v) is 2.79. The van der Waals surface area contributed by atoms with Crippen molar-refractivity contribution >= 4 is 34.8 Å². The van der Waals surface area contributed by atoms with Crippen LogP contribution in [0.1, 0.15) is 13.3 Å². The molecule has 0 saturated carbocycles. The van der Waals surface area contributed by atoms with Crippen LogP contribution < -0.4 is 10.2 Å². The fourth-order valence-electron chi connectivity index (χ4n) is 1.87. The Bertz CT molecular complexity index is 488. The molecule has 0 fully saturated rings. The second kappa shape index (κ2) is 5.44. The Hall–Kier alpha value is -1.49. The molecule has 1 aliphatic heterocycles. The topological polar surface area (TPSA) is 49.4 Å². The van der Waals surface area contributed by atoms with Gasteiger partial charge in [-0.15, -0.1) is 11.8 Å². The Balaban J connectivity index is 2.29. The number of hydrogen-bond donors (Lipinski definition) is 1. The number of Topliss-reactive ketones (excluding diaryl/α,β-unsaturated/α-hetero) is 1. The highest BCUT2D eigenvalue weighted by molar-refractivity contribution is 8.00. The summed E-state index contributed by atoms with van der Waals surface area (Å²) in [4.78, 5) is 25.8. The number of nitrogens with one attached hydrogen (secondary N) is 1. The Labute approximate surface area is 111 Å². The first-order valence-electron chi connectivity index (χ1n) is 5.86. The third kappa shape index (κ3) is 2.67. The molecule has 4 nitrogen and oxygen atoms in total. The van der Waals surface area contributed by atoms with Crippen molar-refractivity contribution < 1.29 is 9.59 Å². The van der Waals surface area contributed by atoms with Gasteiger partial charge in [0.15, 0.2) is 0 Å². The highest BCUT2D eigenvalue weighted by atomic mass is 32.2. The minimum absolute atomic E-state index is 0.0713. The van der Waals surface area contributed by atoms with Crippen LogP contribution in [0, 0.1) is 0 Å². The minimum Gasteiger partial charge on any atom is -0.388 e. The summed E-state index contributed by atoms with van der Waals surface area (Å²) in [7, 11) is 1.85. The van der Waals surface area contributed by atoms with Gasteiger partial charge in [0, 0.05) is 30.6 Å². The van der Waals surface area contributed by atoms with Crippen molar-refractivity contribution in [3.63, 3.8) is 0 Å². The maximum atomic E-state index is 11.9. The summed E-state index contributed by atoms with van der Waals surface area (Å²) < 4.78 is 0. The van der Waals surface area contributed by atoms with E-state index in [9.17, 15) is 9.59 Å². The molecule has 18 heavy (non-hydrogen) atoms. The molecular weight excluding hydrogens is 248 g/mol. The molecule has 1 N–H and O–H groups in total. The number of amides is 1. The van der Waals surface area contributed by atoms with Gasteiger partial charge in [-0.05, 0) is 25.1 Å². The lowest BCUT2D eigenvalue weighted by molar-refractivity contribution is -0.117. The van der Waals surface area contributed by atoms with Crippen molar-refractivity contribution in [1.82, 2.24) is 0 Å². The molecule has 0 aliphatic carbocycles. The largest absolute Gasteiger partial charge is 0.388 e. The summed E-state index contributed by atoms with van der Waals surface area (Å²) in [6.07, 6.45) is 0.402. The first kappa shape index (κ1) is 13.0. The van der Waals surface area contributed by atoms with Crippen LogP contribution >= 0.6 is 11.8 Å². The van der Waals surface area contributed by atoms with Gasteiger partial charge in [0.2, 0.25) is 5.91 Å². The third-order valence-electron chi connectivity index (χ3n) is 2.88. The van der Waals surface area contributed by atoms with Crippen LogP contribution in [0.15, 0.2) is 23.1 Å². The van der Waals surface area contributed by atoms with E-state index >= 15 is 0 Å².